The van der Waals surface area contributed by atoms with Crippen LogP contribution in [0.15, 0.2) is 53.8 Å². The fourth-order valence-corrected chi connectivity index (χ4v) is 4.22. The van der Waals surface area contributed by atoms with Gasteiger partial charge in [0.25, 0.3) is 11.5 Å². The summed E-state index contributed by atoms with van der Waals surface area (Å²) >= 11 is 0. The number of aromatic nitrogens is 3. The third-order valence-electron chi connectivity index (χ3n) is 5.86. The van der Waals surface area contributed by atoms with Crippen molar-refractivity contribution in [3.05, 3.63) is 81.8 Å². The predicted molar refractivity (Wildman–Crippen MR) is 122 cm³/mol. The van der Waals surface area contributed by atoms with Gasteiger partial charge < -0.3 is 9.88 Å². The number of rotatable bonds is 6. The number of nitrogens with zero attached hydrogens (tertiary/aromatic N) is 3. The van der Waals surface area contributed by atoms with Crippen molar-refractivity contribution < 1.29 is 9.59 Å². The fraction of sp³-hybridized carbons (Fsp3) is 0.360. The molecular formula is C25H28N4O3. The highest BCUT2D eigenvalue weighted by atomic mass is 16.2. The molecule has 1 aliphatic carbocycles. The summed E-state index contributed by atoms with van der Waals surface area (Å²) in [5.41, 5.74) is 2.23. The minimum Gasteiger partial charge on any atom is -0.352 e. The Labute approximate surface area is 187 Å². The molecule has 1 amide bonds. The summed E-state index contributed by atoms with van der Waals surface area (Å²) in [6.45, 7) is 7.16. The molecule has 7 heteroatoms. The molecule has 0 bridgehead atoms. The summed E-state index contributed by atoms with van der Waals surface area (Å²) in [5, 5.41) is 2.83. The summed E-state index contributed by atoms with van der Waals surface area (Å²) < 4.78 is 3.48. The fourth-order valence-electron chi connectivity index (χ4n) is 4.22. The van der Waals surface area contributed by atoms with Crippen molar-refractivity contribution in [1.29, 1.82) is 0 Å². The van der Waals surface area contributed by atoms with Crippen LogP contribution >= 0.6 is 0 Å². The number of hydrogen-bond acceptors (Lipinski definition) is 4. The average molecular weight is 433 g/mol. The minimum absolute atomic E-state index is 0.0000111. The summed E-state index contributed by atoms with van der Waals surface area (Å²) in [6, 6.07) is 9.05. The first-order valence-electron chi connectivity index (χ1n) is 10.9. The molecule has 0 fully saturated rings. The molecule has 2 aromatic heterocycles. The number of fused-ring (bicyclic) bond motifs is 1. The van der Waals surface area contributed by atoms with E-state index in [0.29, 0.717) is 49.3 Å². The van der Waals surface area contributed by atoms with E-state index in [4.69, 9.17) is 0 Å². The molecule has 7 nitrogen and oxygen atoms in total. The second-order valence-electron chi connectivity index (χ2n) is 9.25. The van der Waals surface area contributed by atoms with Crippen molar-refractivity contribution in [2.75, 3.05) is 6.54 Å². The highest BCUT2D eigenvalue weighted by Gasteiger charge is 2.35. The molecule has 0 aliphatic heterocycles. The molecule has 0 spiro atoms. The molecule has 32 heavy (non-hydrogen) atoms. The van der Waals surface area contributed by atoms with Crippen LogP contribution in [0.5, 0.6) is 0 Å². The van der Waals surface area contributed by atoms with Crippen LogP contribution in [-0.4, -0.2) is 32.4 Å². The Morgan fingerprint density at radius 1 is 1.16 bits per heavy atom. The van der Waals surface area contributed by atoms with Crippen molar-refractivity contribution in [3.8, 4) is 5.69 Å². The van der Waals surface area contributed by atoms with Crippen molar-refractivity contribution in [3.63, 3.8) is 0 Å². The van der Waals surface area contributed by atoms with Crippen LogP contribution in [0.4, 0.5) is 0 Å². The van der Waals surface area contributed by atoms with Gasteiger partial charge in [0, 0.05) is 48.8 Å². The number of carbonyl (C=O) groups is 2. The topological polar surface area (TPSA) is 86.0 Å². The normalized spacial score (nSPS) is 14.8. The Balaban J connectivity index is 1.69. The summed E-state index contributed by atoms with van der Waals surface area (Å²) in [4.78, 5) is 43.4. The first-order valence-corrected chi connectivity index (χ1v) is 10.9. The highest BCUT2D eigenvalue weighted by molar-refractivity contribution is 6.02. The molecule has 0 saturated carbocycles. The van der Waals surface area contributed by atoms with Gasteiger partial charge in [-0.05, 0) is 43.4 Å². The second kappa shape index (κ2) is 8.57. The van der Waals surface area contributed by atoms with Crippen LogP contribution in [0.3, 0.4) is 0 Å². The van der Waals surface area contributed by atoms with Crippen LogP contribution in [0.25, 0.3) is 5.69 Å². The van der Waals surface area contributed by atoms with Gasteiger partial charge in [0.2, 0.25) is 0 Å². The molecule has 0 unspecified atom stereocenters. The number of pyridine rings is 1. The van der Waals surface area contributed by atoms with Crippen molar-refractivity contribution in [2.24, 2.45) is 5.41 Å². The summed E-state index contributed by atoms with van der Waals surface area (Å²) in [6.07, 6.45) is 6.96. The Morgan fingerprint density at radius 2 is 1.91 bits per heavy atom. The SMILES string of the molecule is Cc1ccc(-n2c3c(cc(C(=O)NCCCn4ccnc4)c2=O)C(=O)CC(C)(C)C3)cc1. The van der Waals surface area contributed by atoms with Crippen LogP contribution in [0, 0.1) is 12.3 Å². The Kier molecular flexibility index (Phi) is 5.82. The molecule has 0 radical (unpaired) electrons. The van der Waals surface area contributed by atoms with Gasteiger partial charge in [-0.15, -0.1) is 0 Å². The number of benzene rings is 1. The van der Waals surface area contributed by atoms with E-state index in [0.717, 1.165) is 5.56 Å². The molecule has 1 aliphatic rings. The van der Waals surface area contributed by atoms with Gasteiger partial charge in [-0.2, -0.15) is 0 Å². The van der Waals surface area contributed by atoms with Crippen LogP contribution in [-0.2, 0) is 13.0 Å². The zero-order valence-electron chi connectivity index (χ0n) is 18.7. The standard InChI is InChI=1S/C25H28N4O3/c1-17-5-7-18(8-6-17)29-21-14-25(2,3)15-22(30)19(21)13-20(24(29)32)23(31)27-9-4-11-28-12-10-26-16-28/h5-8,10,12-13,16H,4,9,11,14-15H2,1-3H3,(H,27,31). The van der Waals surface area contributed by atoms with Gasteiger partial charge in [0.15, 0.2) is 5.78 Å². The van der Waals surface area contributed by atoms with Crippen LogP contribution in [0.1, 0.15) is 58.7 Å². The zero-order chi connectivity index (χ0) is 22.9. The van der Waals surface area contributed by atoms with E-state index in [9.17, 15) is 14.4 Å². The Bertz CT molecular complexity index is 1210. The number of imidazole rings is 1. The predicted octanol–water partition coefficient (Wildman–Crippen LogP) is 3.32. The molecule has 166 valence electrons. The van der Waals surface area contributed by atoms with Gasteiger partial charge in [-0.3, -0.25) is 19.0 Å². The van der Waals surface area contributed by atoms with Crippen LogP contribution in [0.2, 0.25) is 0 Å². The first-order chi connectivity index (χ1) is 15.2. The lowest BCUT2D eigenvalue weighted by Crippen LogP contribution is -2.39. The van der Waals surface area contributed by atoms with E-state index in [1.54, 1.807) is 17.1 Å². The monoisotopic (exact) mass is 432 g/mol. The number of aryl methyl sites for hydroxylation is 2. The smallest absolute Gasteiger partial charge is 0.268 e. The molecule has 3 aromatic rings. The number of carbonyl (C=O) groups excluding carboxylic acids is 2. The number of amides is 1. The lowest BCUT2D eigenvalue weighted by atomic mass is 9.75. The maximum Gasteiger partial charge on any atom is 0.268 e. The molecule has 0 atom stereocenters. The second-order valence-corrected chi connectivity index (χ2v) is 9.25. The van der Waals surface area contributed by atoms with E-state index in [2.05, 4.69) is 10.3 Å². The van der Waals surface area contributed by atoms with Gasteiger partial charge >= 0.3 is 0 Å². The molecule has 2 heterocycles. The largest absolute Gasteiger partial charge is 0.352 e. The number of ketones is 1. The quantitative estimate of drug-likeness (QED) is 0.606. The van der Waals surface area contributed by atoms with Gasteiger partial charge in [-0.1, -0.05) is 31.5 Å². The van der Waals surface area contributed by atoms with Gasteiger partial charge in [-0.25, -0.2) is 4.98 Å². The molecule has 0 saturated heterocycles. The van der Waals surface area contributed by atoms with E-state index >= 15 is 0 Å². The summed E-state index contributed by atoms with van der Waals surface area (Å²) in [7, 11) is 0. The first kappa shape index (κ1) is 21.7. The maximum atomic E-state index is 13.5. The lowest BCUT2D eigenvalue weighted by molar-refractivity contribution is 0.0908. The van der Waals surface area contributed by atoms with Gasteiger partial charge in [0.05, 0.1) is 6.33 Å². The summed E-state index contributed by atoms with van der Waals surface area (Å²) in [5.74, 6) is -0.492. The minimum atomic E-state index is -0.457. The van der Waals surface area contributed by atoms with Crippen molar-refractivity contribution in [2.45, 2.75) is 46.6 Å². The van der Waals surface area contributed by atoms with Crippen molar-refractivity contribution >= 4 is 11.7 Å². The van der Waals surface area contributed by atoms with E-state index in [-0.39, 0.29) is 16.8 Å². The van der Waals surface area contributed by atoms with Gasteiger partial charge in [0.1, 0.15) is 5.56 Å². The molecule has 1 N–H and O–H groups in total. The Hall–Kier alpha value is -3.48. The maximum absolute atomic E-state index is 13.5. The van der Waals surface area contributed by atoms with E-state index in [1.165, 1.54) is 6.07 Å². The highest BCUT2D eigenvalue weighted by Crippen LogP contribution is 2.35. The molecular weight excluding hydrogens is 404 g/mol. The third-order valence-corrected chi connectivity index (χ3v) is 5.86. The number of hydrogen-bond donors (Lipinski definition) is 1. The third kappa shape index (κ3) is 4.42. The zero-order valence-corrected chi connectivity index (χ0v) is 18.7. The Morgan fingerprint density at radius 3 is 2.59 bits per heavy atom. The number of Topliss-reactive ketones (excluding diaryl/α,β-unsaturated/α-hetero) is 1. The van der Waals surface area contributed by atoms with Crippen molar-refractivity contribution in [1.82, 2.24) is 19.4 Å². The van der Waals surface area contributed by atoms with Crippen LogP contribution < -0.4 is 10.9 Å². The number of nitrogens with one attached hydrogen (secondary N) is 1. The molecule has 4 rings (SSSR count). The van der Waals surface area contributed by atoms with E-state index < -0.39 is 11.5 Å². The lowest BCUT2D eigenvalue weighted by Gasteiger charge is -2.32. The molecule has 1 aromatic carbocycles. The average Bonchev–Trinajstić information content (AvgIpc) is 3.24. The van der Waals surface area contributed by atoms with E-state index in [1.807, 2.05) is 55.8 Å².